The maximum absolute atomic E-state index is 10.8. The first kappa shape index (κ1) is 13.8. The monoisotopic (exact) mass is 257 g/mol. The Balaban J connectivity index is 1.74. The second kappa shape index (κ2) is 6.50. The molecular formula is C13H23NO4. The first-order valence-electron chi connectivity index (χ1n) is 6.91. The lowest BCUT2D eigenvalue weighted by Crippen LogP contribution is -2.43. The van der Waals surface area contributed by atoms with E-state index in [0.29, 0.717) is 12.5 Å². The van der Waals surface area contributed by atoms with Gasteiger partial charge in [-0.25, -0.2) is 4.79 Å². The summed E-state index contributed by atoms with van der Waals surface area (Å²) >= 11 is 0. The van der Waals surface area contributed by atoms with Gasteiger partial charge in [-0.3, -0.25) is 4.90 Å². The molecule has 5 nitrogen and oxygen atoms in total. The minimum Gasteiger partial charge on any atom is -0.479 e. The summed E-state index contributed by atoms with van der Waals surface area (Å²) in [5, 5.41) is 8.89. The maximum atomic E-state index is 10.8. The number of hydrogen-bond acceptors (Lipinski definition) is 4. The molecule has 18 heavy (non-hydrogen) atoms. The van der Waals surface area contributed by atoms with Crippen LogP contribution < -0.4 is 0 Å². The molecule has 2 fully saturated rings. The number of carbonyl (C=O) groups is 1. The second-order valence-corrected chi connectivity index (χ2v) is 5.14. The Morgan fingerprint density at radius 3 is 2.94 bits per heavy atom. The summed E-state index contributed by atoms with van der Waals surface area (Å²) in [6.07, 6.45) is 3.59. The van der Waals surface area contributed by atoms with Crippen LogP contribution in [0.25, 0.3) is 0 Å². The van der Waals surface area contributed by atoms with E-state index in [1.807, 2.05) is 6.92 Å². The van der Waals surface area contributed by atoms with Crippen LogP contribution in [0, 0.1) is 0 Å². The van der Waals surface area contributed by atoms with Gasteiger partial charge in [-0.05, 0) is 39.2 Å². The highest BCUT2D eigenvalue weighted by Crippen LogP contribution is 2.22. The normalized spacial score (nSPS) is 33.7. The van der Waals surface area contributed by atoms with Crippen molar-refractivity contribution in [1.82, 2.24) is 4.90 Å². The summed E-state index contributed by atoms with van der Waals surface area (Å²) < 4.78 is 11.2. The summed E-state index contributed by atoms with van der Waals surface area (Å²) in [4.78, 5) is 13.2. The fourth-order valence-corrected chi connectivity index (χ4v) is 2.86. The fraction of sp³-hybridized carbons (Fsp3) is 0.923. The molecular weight excluding hydrogens is 234 g/mol. The number of carboxylic acids is 1. The highest BCUT2D eigenvalue weighted by atomic mass is 16.5. The van der Waals surface area contributed by atoms with Gasteiger partial charge in [-0.2, -0.15) is 0 Å². The molecule has 3 unspecified atom stereocenters. The van der Waals surface area contributed by atoms with Gasteiger partial charge < -0.3 is 14.6 Å². The molecule has 0 aromatic carbocycles. The molecule has 2 aliphatic rings. The van der Waals surface area contributed by atoms with Crippen LogP contribution in [0.4, 0.5) is 0 Å². The van der Waals surface area contributed by atoms with Gasteiger partial charge in [0, 0.05) is 19.7 Å². The molecule has 0 saturated carbocycles. The van der Waals surface area contributed by atoms with Crippen molar-refractivity contribution >= 4 is 5.97 Å². The van der Waals surface area contributed by atoms with E-state index in [0.717, 1.165) is 45.5 Å². The van der Waals surface area contributed by atoms with Crippen LogP contribution in [0.1, 0.15) is 32.6 Å². The highest BCUT2D eigenvalue weighted by molar-refractivity contribution is 5.72. The number of likely N-dealkylation sites (tertiary alicyclic amines) is 1. The largest absolute Gasteiger partial charge is 0.479 e. The lowest BCUT2D eigenvalue weighted by molar-refractivity contribution is -0.149. The van der Waals surface area contributed by atoms with E-state index < -0.39 is 12.1 Å². The van der Waals surface area contributed by atoms with Crippen molar-refractivity contribution in [2.75, 3.05) is 26.2 Å². The maximum Gasteiger partial charge on any atom is 0.332 e. The first-order chi connectivity index (χ1) is 8.69. The van der Waals surface area contributed by atoms with E-state index in [1.54, 1.807) is 0 Å². The average Bonchev–Trinajstić information content (AvgIpc) is 2.78. The third-order valence-corrected chi connectivity index (χ3v) is 3.71. The third kappa shape index (κ3) is 3.67. The first-order valence-corrected chi connectivity index (χ1v) is 6.91. The zero-order valence-corrected chi connectivity index (χ0v) is 11.0. The molecule has 2 rings (SSSR count). The van der Waals surface area contributed by atoms with Crippen molar-refractivity contribution in [1.29, 1.82) is 0 Å². The lowest BCUT2D eigenvalue weighted by atomic mass is 10.1. The predicted molar refractivity (Wildman–Crippen MR) is 66.6 cm³/mol. The Morgan fingerprint density at radius 2 is 2.28 bits per heavy atom. The summed E-state index contributed by atoms with van der Waals surface area (Å²) in [5.74, 6) is -0.830. The van der Waals surface area contributed by atoms with Gasteiger partial charge in [-0.1, -0.05) is 0 Å². The number of rotatable bonds is 5. The van der Waals surface area contributed by atoms with Crippen molar-refractivity contribution in [3.8, 4) is 0 Å². The van der Waals surface area contributed by atoms with Crippen molar-refractivity contribution in [2.45, 2.75) is 50.9 Å². The Morgan fingerprint density at radius 1 is 1.44 bits per heavy atom. The quantitative estimate of drug-likeness (QED) is 0.799. The predicted octanol–water partition coefficient (Wildman–Crippen LogP) is 1.12. The minimum absolute atomic E-state index is 0.0754. The summed E-state index contributed by atoms with van der Waals surface area (Å²) in [6, 6.07) is 0. The van der Waals surface area contributed by atoms with E-state index in [9.17, 15) is 4.79 Å². The van der Waals surface area contributed by atoms with Crippen molar-refractivity contribution in [3.63, 3.8) is 0 Å². The number of carboxylic acid groups (broad SMARTS) is 1. The van der Waals surface area contributed by atoms with Crippen LogP contribution in [0.2, 0.25) is 0 Å². The Kier molecular flexibility index (Phi) is 4.97. The van der Waals surface area contributed by atoms with Gasteiger partial charge in [0.25, 0.3) is 0 Å². The third-order valence-electron chi connectivity index (χ3n) is 3.71. The smallest absolute Gasteiger partial charge is 0.332 e. The van der Waals surface area contributed by atoms with Crippen LogP contribution >= 0.6 is 0 Å². The number of aliphatic carboxylic acids is 1. The second-order valence-electron chi connectivity index (χ2n) is 5.14. The lowest BCUT2D eigenvalue weighted by Gasteiger charge is -2.33. The molecule has 0 spiro atoms. The zero-order chi connectivity index (χ0) is 13.0. The molecule has 1 N–H and O–H groups in total. The number of hydrogen-bond donors (Lipinski definition) is 1. The molecule has 2 saturated heterocycles. The molecule has 0 amide bonds. The van der Waals surface area contributed by atoms with Crippen LogP contribution in [0.15, 0.2) is 0 Å². The zero-order valence-electron chi connectivity index (χ0n) is 11.0. The van der Waals surface area contributed by atoms with Crippen LogP contribution in [0.3, 0.4) is 0 Å². The Hall–Kier alpha value is -0.650. The summed E-state index contributed by atoms with van der Waals surface area (Å²) in [5.41, 5.74) is 0. The van der Waals surface area contributed by atoms with E-state index in [-0.39, 0.29) is 6.10 Å². The van der Waals surface area contributed by atoms with E-state index in [1.165, 1.54) is 0 Å². The topological polar surface area (TPSA) is 59.0 Å². The average molecular weight is 257 g/mol. The van der Waals surface area contributed by atoms with Gasteiger partial charge in [0.15, 0.2) is 6.10 Å². The van der Waals surface area contributed by atoms with Crippen LogP contribution in [-0.2, 0) is 14.3 Å². The van der Waals surface area contributed by atoms with Gasteiger partial charge in [0.2, 0.25) is 0 Å². The van der Waals surface area contributed by atoms with Gasteiger partial charge >= 0.3 is 5.97 Å². The number of nitrogens with zero attached hydrogens (tertiary/aromatic N) is 1. The molecule has 0 radical (unpaired) electrons. The molecule has 0 bridgehead atoms. The molecule has 2 aliphatic heterocycles. The van der Waals surface area contributed by atoms with E-state index in [4.69, 9.17) is 14.6 Å². The van der Waals surface area contributed by atoms with Gasteiger partial charge in [0.1, 0.15) is 0 Å². The number of ether oxygens (including phenoxy) is 2. The van der Waals surface area contributed by atoms with E-state index >= 15 is 0 Å². The van der Waals surface area contributed by atoms with Gasteiger partial charge in [0.05, 0.1) is 12.2 Å². The number of piperidine rings is 1. The van der Waals surface area contributed by atoms with E-state index in [2.05, 4.69) is 4.90 Å². The molecule has 0 aromatic rings. The Labute approximate surface area is 108 Å². The molecule has 104 valence electrons. The minimum atomic E-state index is -0.830. The van der Waals surface area contributed by atoms with Gasteiger partial charge in [-0.15, -0.1) is 0 Å². The van der Waals surface area contributed by atoms with Crippen LogP contribution in [-0.4, -0.2) is 60.5 Å². The molecule has 2 heterocycles. The van der Waals surface area contributed by atoms with Crippen molar-refractivity contribution in [2.24, 2.45) is 0 Å². The molecule has 3 atom stereocenters. The summed E-state index contributed by atoms with van der Waals surface area (Å²) in [6.45, 7) is 5.65. The fourth-order valence-electron chi connectivity index (χ4n) is 2.86. The molecule has 5 heteroatoms. The highest BCUT2D eigenvalue weighted by Gasteiger charge is 2.32. The van der Waals surface area contributed by atoms with Crippen molar-refractivity contribution < 1.29 is 19.4 Å². The summed E-state index contributed by atoms with van der Waals surface area (Å²) in [7, 11) is 0. The SMILES string of the molecule is CCOC1CCCN(CC2CCC(C(=O)O)O2)C1. The molecule has 0 aromatic heterocycles. The Bertz CT molecular complexity index is 282. The molecule has 0 aliphatic carbocycles. The van der Waals surface area contributed by atoms with Crippen molar-refractivity contribution in [3.05, 3.63) is 0 Å². The van der Waals surface area contributed by atoms with Crippen LogP contribution in [0.5, 0.6) is 0 Å². The standard InChI is InChI=1S/C13H23NO4/c1-2-17-10-4-3-7-14(8-10)9-11-5-6-12(18-11)13(15)16/h10-12H,2-9H2,1H3,(H,15,16).